The molecule has 29 heavy (non-hydrogen) atoms. The molecule has 1 heterocycles. The Kier molecular flexibility index (Phi) is 4.56. The first kappa shape index (κ1) is 20.0. The van der Waals surface area contributed by atoms with E-state index in [1.165, 1.54) is 22.3 Å². The Balaban J connectivity index is 1.75. The van der Waals surface area contributed by atoms with E-state index in [2.05, 4.69) is 69.3 Å². The second-order valence-electron chi connectivity index (χ2n) is 10.4. The fourth-order valence-corrected chi connectivity index (χ4v) is 5.28. The third kappa shape index (κ3) is 3.25. The summed E-state index contributed by atoms with van der Waals surface area (Å²) in [5.41, 5.74) is 4.83. The quantitative estimate of drug-likeness (QED) is 0.579. The van der Waals surface area contributed by atoms with E-state index in [9.17, 15) is 4.79 Å². The zero-order valence-electron chi connectivity index (χ0n) is 18.6. The summed E-state index contributed by atoms with van der Waals surface area (Å²) in [6, 6.07) is 17.6. The highest BCUT2D eigenvalue weighted by molar-refractivity contribution is 5.70. The first-order valence-corrected chi connectivity index (χ1v) is 10.7. The van der Waals surface area contributed by atoms with Crippen LogP contribution in [0.2, 0.25) is 0 Å². The molecule has 4 rings (SSSR count). The van der Waals surface area contributed by atoms with Crippen LogP contribution < -0.4 is 0 Å². The van der Waals surface area contributed by atoms with Gasteiger partial charge in [-0.2, -0.15) is 0 Å². The zero-order chi connectivity index (χ0) is 21.0. The molecule has 0 radical (unpaired) electrons. The van der Waals surface area contributed by atoms with Crippen molar-refractivity contribution >= 4 is 6.09 Å². The van der Waals surface area contributed by atoms with Crippen molar-refractivity contribution in [2.24, 2.45) is 5.41 Å². The van der Waals surface area contributed by atoms with Gasteiger partial charge in [0.15, 0.2) is 0 Å². The minimum Gasteiger partial charge on any atom is -0.444 e. The number of piperidine rings is 1. The molecule has 2 unspecified atom stereocenters. The molecule has 0 spiro atoms. The Morgan fingerprint density at radius 3 is 2.38 bits per heavy atom. The maximum atomic E-state index is 13.0. The van der Waals surface area contributed by atoms with Crippen LogP contribution in [0.25, 0.3) is 11.1 Å². The fraction of sp³-hybridized carbons (Fsp3) is 0.500. The molecule has 1 aliphatic carbocycles. The highest BCUT2D eigenvalue weighted by atomic mass is 16.6. The number of nitrogens with zero attached hydrogens (tertiary/aromatic N) is 1. The molecule has 2 aromatic carbocycles. The van der Waals surface area contributed by atoms with Crippen molar-refractivity contribution in [2.45, 2.75) is 71.4 Å². The molecular weight excluding hydrogens is 358 g/mol. The summed E-state index contributed by atoms with van der Waals surface area (Å²) in [6.45, 7) is 13.6. The number of rotatable bonds is 1. The van der Waals surface area contributed by atoms with Crippen LogP contribution in [0, 0.1) is 5.41 Å². The largest absolute Gasteiger partial charge is 0.444 e. The Hall–Kier alpha value is -2.29. The number of carbonyl (C=O) groups is 1. The summed E-state index contributed by atoms with van der Waals surface area (Å²) < 4.78 is 5.76. The highest BCUT2D eigenvalue weighted by Crippen LogP contribution is 2.56. The molecule has 1 saturated heterocycles. The predicted molar refractivity (Wildman–Crippen MR) is 118 cm³/mol. The molecule has 3 nitrogen and oxygen atoms in total. The Morgan fingerprint density at radius 2 is 1.72 bits per heavy atom. The minimum absolute atomic E-state index is 0.0244. The van der Waals surface area contributed by atoms with E-state index in [0.717, 1.165) is 19.4 Å². The number of hydrogen-bond donors (Lipinski definition) is 0. The number of hydrogen-bond acceptors (Lipinski definition) is 2. The van der Waals surface area contributed by atoms with Gasteiger partial charge in [-0.3, -0.25) is 0 Å². The molecule has 2 atom stereocenters. The SMILES string of the molecule is CC(C)(C)OC(=O)N1CCC2(C)c3ccc(-c4ccccc4)cc3CC1C2(C)C. The lowest BCUT2D eigenvalue weighted by Gasteiger charge is -2.60. The molecular formula is C26H33NO2. The van der Waals surface area contributed by atoms with Crippen molar-refractivity contribution in [1.29, 1.82) is 0 Å². The van der Waals surface area contributed by atoms with E-state index >= 15 is 0 Å². The molecule has 2 aromatic rings. The summed E-state index contributed by atoms with van der Waals surface area (Å²) in [7, 11) is 0. The summed E-state index contributed by atoms with van der Waals surface area (Å²) >= 11 is 0. The van der Waals surface area contributed by atoms with Gasteiger partial charge in [0.05, 0.1) is 0 Å². The lowest BCUT2D eigenvalue weighted by molar-refractivity contribution is -0.0521. The van der Waals surface area contributed by atoms with E-state index in [-0.39, 0.29) is 23.0 Å². The molecule has 154 valence electrons. The summed E-state index contributed by atoms with van der Waals surface area (Å²) in [5.74, 6) is 0. The summed E-state index contributed by atoms with van der Waals surface area (Å²) in [4.78, 5) is 15.0. The number of ether oxygens (including phenoxy) is 1. The molecule has 0 N–H and O–H groups in total. The second kappa shape index (κ2) is 6.62. The van der Waals surface area contributed by atoms with Gasteiger partial charge in [0.25, 0.3) is 0 Å². The van der Waals surface area contributed by atoms with Crippen molar-refractivity contribution in [3.05, 3.63) is 59.7 Å². The van der Waals surface area contributed by atoms with Crippen LogP contribution in [0.15, 0.2) is 48.5 Å². The topological polar surface area (TPSA) is 29.5 Å². The maximum Gasteiger partial charge on any atom is 0.410 e. The van der Waals surface area contributed by atoms with E-state index in [1.807, 2.05) is 25.7 Å². The number of amides is 1. The van der Waals surface area contributed by atoms with E-state index in [1.54, 1.807) is 0 Å². The van der Waals surface area contributed by atoms with Gasteiger partial charge < -0.3 is 9.64 Å². The normalized spacial score (nSPS) is 25.3. The standard InChI is InChI=1S/C26H33NO2/c1-24(2,3)29-23(28)27-15-14-26(6)21-13-12-19(18-10-8-7-9-11-18)16-20(21)17-22(27)25(26,4)5/h7-13,16,22H,14-15,17H2,1-6H3. The van der Waals surface area contributed by atoms with E-state index < -0.39 is 5.60 Å². The van der Waals surface area contributed by atoms with E-state index in [4.69, 9.17) is 4.74 Å². The molecule has 0 aromatic heterocycles. The molecule has 1 fully saturated rings. The predicted octanol–water partition coefficient (Wildman–Crippen LogP) is 6.20. The van der Waals surface area contributed by atoms with Gasteiger partial charge in [-0.1, -0.05) is 69.3 Å². The Morgan fingerprint density at radius 1 is 1.03 bits per heavy atom. The average molecular weight is 392 g/mol. The van der Waals surface area contributed by atoms with Crippen LogP contribution in [0.1, 0.15) is 59.1 Å². The Bertz CT molecular complexity index is 925. The Labute approximate surface area is 175 Å². The zero-order valence-corrected chi connectivity index (χ0v) is 18.6. The van der Waals surface area contributed by atoms with Crippen LogP contribution in [0.3, 0.4) is 0 Å². The highest BCUT2D eigenvalue weighted by Gasteiger charge is 2.57. The lowest BCUT2D eigenvalue weighted by atomic mass is 9.51. The van der Waals surface area contributed by atoms with Gasteiger partial charge >= 0.3 is 6.09 Å². The van der Waals surface area contributed by atoms with Crippen LogP contribution in [0.5, 0.6) is 0 Å². The van der Waals surface area contributed by atoms with Gasteiger partial charge in [-0.05, 0) is 61.3 Å². The number of carbonyl (C=O) groups excluding carboxylic acids is 1. The summed E-state index contributed by atoms with van der Waals surface area (Å²) in [6.07, 6.45) is 1.64. The number of fused-ring (bicyclic) bond motifs is 4. The van der Waals surface area contributed by atoms with Crippen molar-refractivity contribution < 1.29 is 9.53 Å². The van der Waals surface area contributed by atoms with Gasteiger partial charge in [0, 0.05) is 18.0 Å². The average Bonchev–Trinajstić information content (AvgIpc) is 2.63. The van der Waals surface area contributed by atoms with Gasteiger partial charge in [0.1, 0.15) is 5.60 Å². The lowest BCUT2D eigenvalue weighted by Crippen LogP contribution is -2.65. The number of likely N-dealkylation sites (tertiary alicyclic amines) is 1. The third-order valence-corrected chi connectivity index (χ3v) is 7.33. The van der Waals surface area contributed by atoms with E-state index in [0.29, 0.717) is 0 Å². The monoisotopic (exact) mass is 391 g/mol. The third-order valence-electron chi connectivity index (χ3n) is 7.33. The van der Waals surface area contributed by atoms with Crippen LogP contribution in [-0.4, -0.2) is 29.2 Å². The molecule has 2 aliphatic rings. The molecule has 1 amide bonds. The molecule has 0 saturated carbocycles. The smallest absolute Gasteiger partial charge is 0.410 e. The van der Waals surface area contributed by atoms with Crippen molar-refractivity contribution in [1.82, 2.24) is 4.90 Å². The fourth-order valence-electron chi connectivity index (χ4n) is 5.28. The first-order valence-electron chi connectivity index (χ1n) is 10.7. The number of benzene rings is 2. The van der Waals surface area contributed by atoms with Gasteiger partial charge in [-0.15, -0.1) is 0 Å². The van der Waals surface area contributed by atoms with Crippen LogP contribution in [-0.2, 0) is 16.6 Å². The van der Waals surface area contributed by atoms with Gasteiger partial charge in [0.2, 0.25) is 0 Å². The van der Waals surface area contributed by atoms with Crippen molar-refractivity contribution in [3.8, 4) is 11.1 Å². The molecule has 3 heteroatoms. The molecule has 2 bridgehead atoms. The minimum atomic E-state index is -0.477. The second-order valence-corrected chi connectivity index (χ2v) is 10.4. The van der Waals surface area contributed by atoms with Gasteiger partial charge in [-0.25, -0.2) is 4.79 Å². The van der Waals surface area contributed by atoms with Crippen molar-refractivity contribution in [2.75, 3.05) is 6.54 Å². The van der Waals surface area contributed by atoms with Crippen molar-refractivity contribution in [3.63, 3.8) is 0 Å². The first-order chi connectivity index (χ1) is 13.5. The summed E-state index contributed by atoms with van der Waals surface area (Å²) in [5, 5.41) is 0. The maximum absolute atomic E-state index is 13.0. The van der Waals surface area contributed by atoms with Crippen LogP contribution in [0.4, 0.5) is 4.79 Å². The van der Waals surface area contributed by atoms with Crippen LogP contribution >= 0.6 is 0 Å². The molecule has 1 aliphatic heterocycles.